The van der Waals surface area contributed by atoms with Crippen molar-refractivity contribution in [1.82, 2.24) is 19.9 Å². The molecule has 3 rings (SSSR count). The lowest BCUT2D eigenvalue weighted by Crippen LogP contribution is -2.32. The van der Waals surface area contributed by atoms with Gasteiger partial charge in [-0.05, 0) is 6.92 Å². The Labute approximate surface area is 125 Å². The largest absolute Gasteiger partial charge is 0.451 e. The van der Waals surface area contributed by atoms with Gasteiger partial charge in [0.05, 0.1) is 11.4 Å². The van der Waals surface area contributed by atoms with E-state index in [0.717, 1.165) is 17.0 Å². The van der Waals surface area contributed by atoms with Gasteiger partial charge in [0.2, 0.25) is 5.82 Å². The molecule has 22 heavy (non-hydrogen) atoms. The van der Waals surface area contributed by atoms with Gasteiger partial charge in [-0.15, -0.1) is 0 Å². The second kappa shape index (κ2) is 5.35. The fourth-order valence-corrected chi connectivity index (χ4v) is 2.58. The molecule has 0 amide bonds. The van der Waals surface area contributed by atoms with Crippen LogP contribution in [-0.4, -0.2) is 26.4 Å². The number of alkyl halides is 3. The van der Waals surface area contributed by atoms with Gasteiger partial charge in [-0.2, -0.15) is 13.2 Å². The Kier molecular flexibility index (Phi) is 3.64. The molecule has 0 radical (unpaired) electrons. The molecule has 1 aliphatic rings. The minimum Gasteiger partial charge on any atom is -0.446 e. The molecule has 0 aromatic carbocycles. The van der Waals surface area contributed by atoms with Crippen LogP contribution in [0.1, 0.15) is 34.4 Å². The normalized spacial score (nSPS) is 15.9. The number of halogens is 3. The Balaban J connectivity index is 1.76. The lowest BCUT2D eigenvalue weighted by Gasteiger charge is -2.27. The van der Waals surface area contributed by atoms with Crippen molar-refractivity contribution in [3.8, 4) is 0 Å². The fraction of sp³-hybridized carbons (Fsp3) is 0.500. The summed E-state index contributed by atoms with van der Waals surface area (Å²) in [5, 5.41) is 0. The second-order valence-corrected chi connectivity index (χ2v) is 5.36. The van der Waals surface area contributed by atoms with Crippen LogP contribution in [0.4, 0.5) is 13.2 Å². The molecule has 118 valence electrons. The second-order valence-electron chi connectivity index (χ2n) is 5.36. The van der Waals surface area contributed by atoms with Crippen LogP contribution >= 0.6 is 0 Å². The van der Waals surface area contributed by atoms with Crippen molar-refractivity contribution in [3.63, 3.8) is 0 Å². The maximum atomic E-state index is 12.6. The van der Waals surface area contributed by atoms with E-state index in [4.69, 9.17) is 4.42 Å². The van der Waals surface area contributed by atoms with Crippen molar-refractivity contribution in [2.45, 2.75) is 39.5 Å². The Morgan fingerprint density at radius 3 is 2.68 bits per heavy atom. The molecule has 1 aliphatic heterocycles. The number of hydrogen-bond donors (Lipinski definition) is 0. The fourth-order valence-electron chi connectivity index (χ4n) is 2.58. The maximum Gasteiger partial charge on any atom is 0.451 e. The van der Waals surface area contributed by atoms with Crippen molar-refractivity contribution in [2.24, 2.45) is 0 Å². The SMILES string of the molecule is Cc1nc(CN2CCc3nc(C(F)(F)F)ncc3C2)c(C)o1. The van der Waals surface area contributed by atoms with E-state index >= 15 is 0 Å². The Bertz CT molecular complexity index is 696. The van der Waals surface area contributed by atoms with Crippen molar-refractivity contribution in [2.75, 3.05) is 6.54 Å². The minimum absolute atomic E-state index is 0.469. The molecule has 5 nitrogen and oxygen atoms in total. The predicted octanol–water partition coefficient (Wildman–Crippen LogP) is 2.66. The summed E-state index contributed by atoms with van der Waals surface area (Å²) in [5.74, 6) is 0.317. The summed E-state index contributed by atoms with van der Waals surface area (Å²) in [5.41, 5.74) is 2.07. The molecular formula is C14H15F3N4O. The zero-order chi connectivity index (χ0) is 15.9. The third kappa shape index (κ3) is 2.96. The van der Waals surface area contributed by atoms with Crippen LogP contribution in [0, 0.1) is 13.8 Å². The third-order valence-corrected chi connectivity index (χ3v) is 3.64. The number of fused-ring (bicyclic) bond motifs is 1. The van der Waals surface area contributed by atoms with Gasteiger partial charge in [0.1, 0.15) is 5.76 Å². The molecule has 2 aromatic rings. The smallest absolute Gasteiger partial charge is 0.446 e. The molecule has 0 atom stereocenters. The van der Waals surface area contributed by atoms with Gasteiger partial charge in [-0.1, -0.05) is 0 Å². The molecule has 0 saturated carbocycles. The average Bonchev–Trinajstić information content (AvgIpc) is 2.75. The van der Waals surface area contributed by atoms with E-state index in [9.17, 15) is 13.2 Å². The molecule has 0 bridgehead atoms. The standard InChI is InChI=1S/C14H15F3N4O/c1-8-12(19-9(2)22-8)7-21-4-3-11-10(6-21)5-18-13(20-11)14(15,16)17/h5H,3-4,6-7H2,1-2H3. The molecule has 0 unspecified atom stereocenters. The third-order valence-electron chi connectivity index (χ3n) is 3.64. The van der Waals surface area contributed by atoms with Gasteiger partial charge in [-0.25, -0.2) is 15.0 Å². The van der Waals surface area contributed by atoms with E-state index in [1.165, 1.54) is 6.20 Å². The van der Waals surface area contributed by atoms with Crippen molar-refractivity contribution >= 4 is 0 Å². The zero-order valence-electron chi connectivity index (χ0n) is 12.2. The molecule has 3 heterocycles. The minimum atomic E-state index is -4.50. The van der Waals surface area contributed by atoms with Crippen LogP contribution < -0.4 is 0 Å². The van der Waals surface area contributed by atoms with Crippen molar-refractivity contribution in [3.05, 3.63) is 40.6 Å². The monoisotopic (exact) mass is 312 g/mol. The topological polar surface area (TPSA) is 55.1 Å². The van der Waals surface area contributed by atoms with Crippen LogP contribution in [0.5, 0.6) is 0 Å². The van der Waals surface area contributed by atoms with E-state index < -0.39 is 12.0 Å². The molecule has 0 aliphatic carbocycles. The molecule has 0 spiro atoms. The van der Waals surface area contributed by atoms with Crippen LogP contribution in [0.2, 0.25) is 0 Å². The summed E-state index contributed by atoms with van der Waals surface area (Å²) in [6.07, 6.45) is -2.75. The van der Waals surface area contributed by atoms with Crippen LogP contribution in [0.15, 0.2) is 10.6 Å². The van der Waals surface area contributed by atoms with Crippen molar-refractivity contribution < 1.29 is 17.6 Å². The van der Waals surface area contributed by atoms with Crippen LogP contribution in [0.25, 0.3) is 0 Å². The first-order chi connectivity index (χ1) is 10.3. The number of oxazole rings is 1. The van der Waals surface area contributed by atoms with E-state index in [2.05, 4.69) is 19.9 Å². The molecule has 0 saturated heterocycles. The lowest BCUT2D eigenvalue weighted by molar-refractivity contribution is -0.145. The van der Waals surface area contributed by atoms with Gasteiger partial charge in [0.25, 0.3) is 0 Å². The van der Waals surface area contributed by atoms with E-state index in [1.807, 2.05) is 6.92 Å². The van der Waals surface area contributed by atoms with Gasteiger partial charge < -0.3 is 4.42 Å². The molecule has 8 heteroatoms. The average molecular weight is 312 g/mol. The molecule has 2 aromatic heterocycles. The summed E-state index contributed by atoms with van der Waals surface area (Å²) in [6, 6.07) is 0. The number of rotatable bonds is 2. The van der Waals surface area contributed by atoms with Gasteiger partial charge in [-0.3, -0.25) is 4.90 Å². The molecular weight excluding hydrogens is 297 g/mol. The highest BCUT2D eigenvalue weighted by Crippen LogP contribution is 2.28. The van der Waals surface area contributed by atoms with Gasteiger partial charge >= 0.3 is 6.18 Å². The highest BCUT2D eigenvalue weighted by atomic mass is 19.4. The number of aromatic nitrogens is 3. The molecule has 0 fully saturated rings. The van der Waals surface area contributed by atoms with Crippen molar-refractivity contribution in [1.29, 1.82) is 0 Å². The summed E-state index contributed by atoms with van der Waals surface area (Å²) in [7, 11) is 0. The summed E-state index contributed by atoms with van der Waals surface area (Å²) in [4.78, 5) is 13.5. The Morgan fingerprint density at radius 1 is 1.27 bits per heavy atom. The lowest BCUT2D eigenvalue weighted by atomic mass is 10.1. The summed E-state index contributed by atoms with van der Waals surface area (Å²) >= 11 is 0. The van der Waals surface area contributed by atoms with Gasteiger partial charge in [0, 0.05) is 44.7 Å². The summed E-state index contributed by atoms with van der Waals surface area (Å²) in [6.45, 7) is 5.38. The predicted molar refractivity (Wildman–Crippen MR) is 70.8 cm³/mol. The van der Waals surface area contributed by atoms with E-state index in [-0.39, 0.29) is 0 Å². The van der Waals surface area contributed by atoms with E-state index in [0.29, 0.717) is 37.6 Å². The first kappa shape index (κ1) is 15.0. The Morgan fingerprint density at radius 2 is 2.05 bits per heavy atom. The number of nitrogens with zero attached hydrogens (tertiary/aromatic N) is 4. The van der Waals surface area contributed by atoms with Crippen LogP contribution in [0.3, 0.4) is 0 Å². The molecule has 0 N–H and O–H groups in total. The Hall–Kier alpha value is -1.96. The summed E-state index contributed by atoms with van der Waals surface area (Å²) < 4.78 is 43.2. The highest BCUT2D eigenvalue weighted by molar-refractivity contribution is 5.21. The van der Waals surface area contributed by atoms with Crippen LogP contribution in [-0.2, 0) is 25.7 Å². The maximum absolute atomic E-state index is 12.6. The first-order valence-corrected chi connectivity index (χ1v) is 6.90. The highest BCUT2D eigenvalue weighted by Gasteiger charge is 2.35. The number of aryl methyl sites for hydroxylation is 2. The number of hydrogen-bond acceptors (Lipinski definition) is 5. The zero-order valence-corrected chi connectivity index (χ0v) is 12.2. The van der Waals surface area contributed by atoms with E-state index in [1.54, 1.807) is 6.92 Å². The van der Waals surface area contributed by atoms with Gasteiger partial charge in [0.15, 0.2) is 5.89 Å². The first-order valence-electron chi connectivity index (χ1n) is 6.90. The quantitative estimate of drug-likeness (QED) is 0.853.